The third-order valence-corrected chi connectivity index (χ3v) is 2.98. The lowest BCUT2D eigenvalue weighted by molar-refractivity contribution is -0.192. The lowest BCUT2D eigenvalue weighted by Crippen LogP contribution is -2.49. The number of amides is 1. The Balaban J connectivity index is 3.30. The molecule has 0 aliphatic heterocycles. The molecule has 0 spiro atoms. The SMILES string of the molecule is COc1ccc(C(C(=O)O)N(C(=O)C(F)(F)F)C(C)C)cc1. The zero-order valence-corrected chi connectivity index (χ0v) is 12.2. The third-order valence-electron chi connectivity index (χ3n) is 2.98. The Hall–Kier alpha value is -2.25. The maximum absolute atomic E-state index is 12.7. The molecule has 1 amide bonds. The Morgan fingerprint density at radius 3 is 2.00 bits per heavy atom. The van der Waals surface area contributed by atoms with Gasteiger partial charge in [-0.05, 0) is 31.5 Å². The second-order valence-corrected chi connectivity index (χ2v) is 4.82. The molecule has 0 saturated heterocycles. The van der Waals surface area contributed by atoms with Gasteiger partial charge in [-0.3, -0.25) is 4.79 Å². The molecule has 22 heavy (non-hydrogen) atoms. The topological polar surface area (TPSA) is 66.8 Å². The first-order chi connectivity index (χ1) is 10.1. The van der Waals surface area contributed by atoms with Crippen LogP contribution in [0.4, 0.5) is 13.2 Å². The molecule has 8 heteroatoms. The molecule has 1 N–H and O–H groups in total. The van der Waals surface area contributed by atoms with E-state index in [1.54, 1.807) is 0 Å². The fourth-order valence-corrected chi connectivity index (χ4v) is 2.00. The van der Waals surface area contributed by atoms with Crippen LogP contribution in [0, 0.1) is 0 Å². The first-order valence-electron chi connectivity index (χ1n) is 6.35. The Morgan fingerprint density at radius 1 is 1.18 bits per heavy atom. The van der Waals surface area contributed by atoms with E-state index in [9.17, 15) is 27.9 Å². The summed E-state index contributed by atoms with van der Waals surface area (Å²) in [6.07, 6.45) is -5.15. The van der Waals surface area contributed by atoms with Gasteiger partial charge in [0.25, 0.3) is 0 Å². The highest BCUT2D eigenvalue weighted by Gasteiger charge is 2.47. The highest BCUT2D eigenvalue weighted by Crippen LogP contribution is 2.30. The molecule has 0 fully saturated rings. The van der Waals surface area contributed by atoms with Crippen LogP contribution >= 0.6 is 0 Å². The molecule has 0 aromatic heterocycles. The molecule has 1 aromatic carbocycles. The maximum Gasteiger partial charge on any atom is 0.471 e. The number of methoxy groups -OCH3 is 1. The van der Waals surface area contributed by atoms with Crippen molar-refractivity contribution in [3.63, 3.8) is 0 Å². The molecule has 1 atom stereocenters. The number of carboxylic acids is 1. The van der Waals surface area contributed by atoms with E-state index in [4.69, 9.17) is 4.74 Å². The van der Waals surface area contributed by atoms with Crippen molar-refractivity contribution >= 4 is 11.9 Å². The van der Waals surface area contributed by atoms with Gasteiger partial charge < -0.3 is 14.7 Å². The van der Waals surface area contributed by atoms with Crippen LogP contribution in [0.25, 0.3) is 0 Å². The van der Waals surface area contributed by atoms with Gasteiger partial charge in [0.05, 0.1) is 7.11 Å². The smallest absolute Gasteiger partial charge is 0.471 e. The summed E-state index contributed by atoms with van der Waals surface area (Å²) < 4.78 is 43.1. The standard InChI is InChI=1S/C14H16F3NO4/c1-8(2)18(13(21)14(15,16)17)11(12(19)20)9-4-6-10(22-3)7-5-9/h4-8,11H,1-3H3,(H,19,20). The Labute approximate surface area is 125 Å². The van der Waals surface area contributed by atoms with E-state index in [2.05, 4.69) is 0 Å². The molecule has 0 aliphatic carbocycles. The van der Waals surface area contributed by atoms with Gasteiger partial charge in [0.1, 0.15) is 5.75 Å². The van der Waals surface area contributed by atoms with Crippen molar-refractivity contribution in [2.24, 2.45) is 0 Å². The Bertz CT molecular complexity index is 540. The molecule has 0 saturated carbocycles. The zero-order valence-electron chi connectivity index (χ0n) is 12.2. The van der Waals surface area contributed by atoms with Crippen molar-refractivity contribution in [1.29, 1.82) is 0 Å². The third kappa shape index (κ3) is 3.90. The van der Waals surface area contributed by atoms with Crippen LogP contribution in [0.15, 0.2) is 24.3 Å². The van der Waals surface area contributed by atoms with Crippen LogP contribution in [-0.4, -0.2) is 41.2 Å². The van der Waals surface area contributed by atoms with Crippen LogP contribution < -0.4 is 4.74 Å². The van der Waals surface area contributed by atoms with Gasteiger partial charge >= 0.3 is 18.1 Å². The monoisotopic (exact) mass is 319 g/mol. The number of carboxylic acid groups (broad SMARTS) is 1. The maximum atomic E-state index is 12.7. The molecule has 1 unspecified atom stereocenters. The Kier molecular flexibility index (Phi) is 5.40. The van der Waals surface area contributed by atoms with E-state index in [1.807, 2.05) is 0 Å². The molecule has 1 rings (SSSR count). The summed E-state index contributed by atoms with van der Waals surface area (Å²) in [5, 5.41) is 9.29. The molecule has 0 aliphatic rings. The van der Waals surface area contributed by atoms with Crippen LogP contribution in [0.2, 0.25) is 0 Å². The van der Waals surface area contributed by atoms with Gasteiger partial charge in [-0.2, -0.15) is 13.2 Å². The molecule has 5 nitrogen and oxygen atoms in total. The van der Waals surface area contributed by atoms with Gasteiger partial charge in [0.2, 0.25) is 0 Å². The minimum atomic E-state index is -5.15. The number of rotatable bonds is 5. The number of halogens is 3. The summed E-state index contributed by atoms with van der Waals surface area (Å²) >= 11 is 0. The van der Waals surface area contributed by atoms with Gasteiger partial charge in [-0.1, -0.05) is 12.1 Å². The van der Waals surface area contributed by atoms with Crippen LogP contribution in [0.5, 0.6) is 5.75 Å². The number of carbonyl (C=O) groups is 2. The quantitative estimate of drug-likeness (QED) is 0.906. The van der Waals surface area contributed by atoms with Crippen molar-refractivity contribution in [3.8, 4) is 5.75 Å². The van der Waals surface area contributed by atoms with Gasteiger partial charge in [-0.25, -0.2) is 4.79 Å². The Morgan fingerprint density at radius 2 is 1.68 bits per heavy atom. The van der Waals surface area contributed by atoms with Gasteiger partial charge in [0, 0.05) is 6.04 Å². The second-order valence-electron chi connectivity index (χ2n) is 4.82. The summed E-state index contributed by atoms with van der Waals surface area (Å²) in [5.41, 5.74) is 0.0552. The van der Waals surface area contributed by atoms with Gasteiger partial charge in [0.15, 0.2) is 6.04 Å². The minimum absolute atomic E-state index is 0.0552. The second kappa shape index (κ2) is 6.67. The number of aliphatic carboxylic acids is 1. The first kappa shape index (κ1) is 17.8. The highest BCUT2D eigenvalue weighted by atomic mass is 19.4. The number of benzene rings is 1. The molecular formula is C14H16F3NO4. The molecule has 0 radical (unpaired) electrons. The summed E-state index contributed by atoms with van der Waals surface area (Å²) in [4.78, 5) is 23.3. The molecular weight excluding hydrogens is 303 g/mol. The van der Waals surface area contributed by atoms with Gasteiger partial charge in [-0.15, -0.1) is 0 Å². The number of hydrogen-bond donors (Lipinski definition) is 1. The molecule has 122 valence electrons. The predicted octanol–water partition coefficient (Wildman–Crippen LogP) is 2.62. The fourth-order valence-electron chi connectivity index (χ4n) is 2.00. The average Bonchev–Trinajstić information content (AvgIpc) is 2.42. The normalized spacial score (nSPS) is 12.9. The van der Waals surface area contributed by atoms with E-state index >= 15 is 0 Å². The van der Waals surface area contributed by atoms with Crippen LogP contribution in [0.3, 0.4) is 0 Å². The van der Waals surface area contributed by atoms with E-state index in [0.29, 0.717) is 10.6 Å². The van der Waals surface area contributed by atoms with Crippen molar-refractivity contribution < 1.29 is 32.6 Å². The largest absolute Gasteiger partial charge is 0.497 e. The number of ether oxygens (including phenoxy) is 1. The average molecular weight is 319 g/mol. The molecule has 0 bridgehead atoms. The number of nitrogens with zero attached hydrogens (tertiary/aromatic N) is 1. The van der Waals surface area contributed by atoms with E-state index < -0.39 is 30.1 Å². The number of alkyl halides is 3. The van der Waals surface area contributed by atoms with Crippen LogP contribution in [0.1, 0.15) is 25.5 Å². The summed E-state index contributed by atoms with van der Waals surface area (Å²) in [7, 11) is 1.40. The van der Waals surface area contributed by atoms with E-state index in [1.165, 1.54) is 45.2 Å². The van der Waals surface area contributed by atoms with Crippen molar-refractivity contribution in [2.75, 3.05) is 7.11 Å². The number of carbonyl (C=O) groups excluding carboxylic acids is 1. The van der Waals surface area contributed by atoms with E-state index in [0.717, 1.165) is 0 Å². The van der Waals surface area contributed by atoms with Crippen LogP contribution in [-0.2, 0) is 9.59 Å². The van der Waals surface area contributed by atoms with Crippen molar-refractivity contribution in [1.82, 2.24) is 4.90 Å². The van der Waals surface area contributed by atoms with Crippen molar-refractivity contribution in [3.05, 3.63) is 29.8 Å². The summed E-state index contributed by atoms with van der Waals surface area (Å²) in [6, 6.07) is 2.79. The first-order valence-corrected chi connectivity index (χ1v) is 6.35. The predicted molar refractivity (Wildman–Crippen MR) is 71.4 cm³/mol. The fraction of sp³-hybridized carbons (Fsp3) is 0.429. The summed E-state index contributed by atoms with van der Waals surface area (Å²) in [6.45, 7) is 2.65. The molecule has 1 aromatic rings. The zero-order chi connectivity index (χ0) is 17.1. The lowest BCUT2D eigenvalue weighted by atomic mass is 10.0. The van der Waals surface area contributed by atoms with E-state index in [-0.39, 0.29) is 5.56 Å². The summed E-state index contributed by atoms with van der Waals surface area (Å²) in [5.74, 6) is -3.31. The number of hydrogen-bond acceptors (Lipinski definition) is 3. The lowest BCUT2D eigenvalue weighted by Gasteiger charge is -2.33. The minimum Gasteiger partial charge on any atom is -0.497 e. The van der Waals surface area contributed by atoms with Crippen molar-refractivity contribution in [2.45, 2.75) is 32.1 Å². The highest BCUT2D eigenvalue weighted by molar-refractivity contribution is 5.88. The molecule has 0 heterocycles.